The van der Waals surface area contributed by atoms with E-state index in [0.29, 0.717) is 41.4 Å². The van der Waals surface area contributed by atoms with E-state index in [2.05, 4.69) is 20.3 Å². The molecule has 3 aliphatic heterocycles. The van der Waals surface area contributed by atoms with Crippen LogP contribution in [0.5, 0.6) is 0 Å². The van der Waals surface area contributed by atoms with E-state index in [1.54, 1.807) is 6.92 Å². The quantitative estimate of drug-likeness (QED) is 0.514. The molecule has 0 aliphatic carbocycles. The number of aliphatic hydroxyl groups excluding tert-OH is 1. The number of benzene rings is 1. The van der Waals surface area contributed by atoms with Crippen LogP contribution in [0.25, 0.3) is 22.3 Å². The van der Waals surface area contributed by atoms with Crippen LogP contribution in [-0.4, -0.2) is 54.1 Å². The number of aromatic nitrogens is 4. The molecular weight excluding hydrogens is 461 g/mol. The molecule has 2 saturated heterocycles. The van der Waals surface area contributed by atoms with Gasteiger partial charge in [-0.25, -0.2) is 19.3 Å². The zero-order chi connectivity index (χ0) is 23.8. The van der Waals surface area contributed by atoms with Crippen molar-refractivity contribution < 1.29 is 19.3 Å². The molecule has 1 aromatic carbocycles. The highest BCUT2D eigenvalue weighted by atomic mass is 35.5. The molecule has 5 heterocycles. The lowest BCUT2D eigenvalue weighted by molar-refractivity contribution is -0.0811. The Morgan fingerprint density at radius 2 is 2.09 bits per heavy atom. The minimum Gasteiger partial charge on any atom is -0.388 e. The molecule has 2 fully saturated rings. The molecule has 2 unspecified atom stereocenters. The first kappa shape index (κ1) is 22.2. The number of hydrogen-bond acceptors (Lipinski definition) is 7. The first-order valence-corrected chi connectivity index (χ1v) is 12.2. The van der Waals surface area contributed by atoms with Gasteiger partial charge < -0.3 is 24.8 Å². The molecule has 3 N–H and O–H groups in total. The normalized spacial score (nSPS) is 32.7. The molecule has 2 bridgehead atoms. The number of hydrogen-bond donors (Lipinski definition) is 3. The highest BCUT2D eigenvalue weighted by Crippen LogP contribution is 2.41. The molecular formula is C24H27ClFN5O3. The first-order valence-electron chi connectivity index (χ1n) is 11.8. The number of imidazole rings is 1. The standard InChI is InChI=1S/C24H27ClFN5O3/c1-11-5-6-24(2,33)22-29-20-15(26)7-12(8-17(20)31(11)22)19-14(25)10-27-23(30-19)28-16-9-13-3-4-18(34-13)21(16)32/h7-8,10-11,13,16,18,21,32-33H,3-6,9H2,1-2H3,(H,27,28,30)/t11?,13-,16-,18+,21+,24?/m1/s1. The lowest BCUT2D eigenvalue weighted by Crippen LogP contribution is -2.47. The Hall–Kier alpha value is -2.33. The van der Waals surface area contributed by atoms with Crippen LogP contribution in [0.2, 0.25) is 5.02 Å². The van der Waals surface area contributed by atoms with E-state index in [0.717, 1.165) is 19.3 Å². The first-order chi connectivity index (χ1) is 16.2. The van der Waals surface area contributed by atoms with Crippen LogP contribution in [0, 0.1) is 5.82 Å². The average molecular weight is 488 g/mol. The molecule has 180 valence electrons. The molecule has 2 aromatic heterocycles. The number of rotatable bonds is 3. The fraction of sp³-hybridized carbons (Fsp3) is 0.542. The van der Waals surface area contributed by atoms with Gasteiger partial charge in [0, 0.05) is 11.6 Å². The van der Waals surface area contributed by atoms with Gasteiger partial charge in [0.1, 0.15) is 23.0 Å². The van der Waals surface area contributed by atoms with Crippen LogP contribution in [-0.2, 0) is 10.3 Å². The Morgan fingerprint density at radius 3 is 2.91 bits per heavy atom. The van der Waals surface area contributed by atoms with Crippen molar-refractivity contribution in [2.75, 3.05) is 5.32 Å². The second kappa shape index (κ2) is 7.84. The van der Waals surface area contributed by atoms with Crippen LogP contribution < -0.4 is 5.32 Å². The third-order valence-corrected chi connectivity index (χ3v) is 7.78. The van der Waals surface area contributed by atoms with Crippen molar-refractivity contribution in [3.8, 4) is 11.3 Å². The van der Waals surface area contributed by atoms with Crippen LogP contribution in [0.15, 0.2) is 18.3 Å². The Labute approximate surface area is 201 Å². The minimum atomic E-state index is -1.12. The van der Waals surface area contributed by atoms with Crippen molar-refractivity contribution in [3.05, 3.63) is 35.0 Å². The zero-order valence-corrected chi connectivity index (χ0v) is 19.8. The fourth-order valence-electron chi connectivity index (χ4n) is 5.64. The maximum absolute atomic E-state index is 15.2. The maximum Gasteiger partial charge on any atom is 0.223 e. The van der Waals surface area contributed by atoms with Crippen molar-refractivity contribution in [3.63, 3.8) is 0 Å². The highest BCUT2D eigenvalue weighted by molar-refractivity contribution is 6.33. The SMILES string of the molecule is CC1CCC(C)(O)c2nc3c(F)cc(-c4nc(N[C@@H]5C[C@H]6CC[C@H](O6)[C@H]5O)ncc4Cl)cc3n21. The van der Waals surface area contributed by atoms with Crippen molar-refractivity contribution in [2.24, 2.45) is 0 Å². The van der Waals surface area contributed by atoms with E-state index in [1.165, 1.54) is 12.3 Å². The zero-order valence-electron chi connectivity index (χ0n) is 19.0. The predicted octanol–water partition coefficient (Wildman–Crippen LogP) is 3.94. The second-order valence-corrected chi connectivity index (χ2v) is 10.4. The van der Waals surface area contributed by atoms with Crippen LogP contribution in [0.4, 0.5) is 10.3 Å². The second-order valence-electron chi connectivity index (χ2n) is 10.0. The summed E-state index contributed by atoms with van der Waals surface area (Å²) in [7, 11) is 0. The van der Waals surface area contributed by atoms with Crippen molar-refractivity contribution >= 4 is 28.6 Å². The summed E-state index contributed by atoms with van der Waals surface area (Å²) in [6.07, 6.45) is 4.56. The monoisotopic (exact) mass is 487 g/mol. The largest absolute Gasteiger partial charge is 0.388 e. The molecule has 10 heteroatoms. The number of fused-ring (bicyclic) bond motifs is 5. The van der Waals surface area contributed by atoms with Gasteiger partial charge in [-0.05, 0) is 58.1 Å². The summed E-state index contributed by atoms with van der Waals surface area (Å²) in [5.74, 6) is 0.284. The number of aliphatic hydroxyl groups is 2. The van der Waals surface area contributed by atoms with Gasteiger partial charge in [-0.2, -0.15) is 0 Å². The number of halogens is 2. The molecule has 0 saturated carbocycles. The number of anilines is 1. The van der Waals surface area contributed by atoms with Crippen molar-refractivity contribution in [1.29, 1.82) is 0 Å². The molecule has 3 aromatic rings. The predicted molar refractivity (Wildman–Crippen MR) is 125 cm³/mol. The summed E-state index contributed by atoms with van der Waals surface area (Å²) in [6, 6.07) is 3.01. The van der Waals surface area contributed by atoms with E-state index in [9.17, 15) is 10.2 Å². The van der Waals surface area contributed by atoms with E-state index < -0.39 is 17.5 Å². The molecule has 6 rings (SSSR count). The van der Waals surface area contributed by atoms with Gasteiger partial charge >= 0.3 is 0 Å². The Morgan fingerprint density at radius 1 is 1.26 bits per heavy atom. The van der Waals surface area contributed by atoms with Crippen LogP contribution in [0.3, 0.4) is 0 Å². The number of ether oxygens (including phenoxy) is 1. The highest BCUT2D eigenvalue weighted by Gasteiger charge is 2.42. The molecule has 0 radical (unpaired) electrons. The van der Waals surface area contributed by atoms with Gasteiger partial charge in [-0.15, -0.1) is 0 Å². The van der Waals surface area contributed by atoms with Crippen molar-refractivity contribution in [2.45, 2.75) is 81.9 Å². The van der Waals surface area contributed by atoms with Crippen molar-refractivity contribution in [1.82, 2.24) is 19.5 Å². The third kappa shape index (κ3) is 3.48. The lowest BCUT2D eigenvalue weighted by atomic mass is 9.92. The Balaban J connectivity index is 1.40. The van der Waals surface area contributed by atoms with Gasteiger partial charge in [0.2, 0.25) is 5.95 Å². The Kier molecular flexibility index (Phi) is 5.11. The summed E-state index contributed by atoms with van der Waals surface area (Å²) >= 11 is 6.45. The molecule has 34 heavy (non-hydrogen) atoms. The Bertz CT molecular complexity index is 1280. The molecule has 0 amide bonds. The average Bonchev–Trinajstić information content (AvgIpc) is 3.40. The summed E-state index contributed by atoms with van der Waals surface area (Å²) in [5, 5.41) is 25.0. The summed E-state index contributed by atoms with van der Waals surface area (Å²) in [4.78, 5) is 13.3. The molecule has 6 atom stereocenters. The lowest BCUT2D eigenvalue weighted by Gasteiger charge is -2.34. The molecule has 0 spiro atoms. The summed E-state index contributed by atoms with van der Waals surface area (Å²) in [5.41, 5.74) is 0.574. The van der Waals surface area contributed by atoms with E-state index in [4.69, 9.17) is 16.3 Å². The van der Waals surface area contributed by atoms with Gasteiger partial charge in [0.25, 0.3) is 0 Å². The number of nitrogens with zero attached hydrogens (tertiary/aromatic N) is 4. The summed E-state index contributed by atoms with van der Waals surface area (Å²) in [6.45, 7) is 3.75. The molecule has 8 nitrogen and oxygen atoms in total. The topological polar surface area (TPSA) is 105 Å². The number of nitrogens with one attached hydrogen (secondary N) is 1. The minimum absolute atomic E-state index is 0.0679. The van der Waals surface area contributed by atoms with E-state index in [-0.39, 0.29) is 34.8 Å². The maximum atomic E-state index is 15.2. The van der Waals surface area contributed by atoms with Gasteiger partial charge in [0.15, 0.2) is 5.82 Å². The van der Waals surface area contributed by atoms with Gasteiger partial charge in [-0.3, -0.25) is 0 Å². The third-order valence-electron chi connectivity index (χ3n) is 7.50. The fourth-order valence-corrected chi connectivity index (χ4v) is 5.84. The van der Waals surface area contributed by atoms with Gasteiger partial charge in [0.05, 0.1) is 40.7 Å². The smallest absolute Gasteiger partial charge is 0.223 e. The van der Waals surface area contributed by atoms with Gasteiger partial charge in [-0.1, -0.05) is 11.6 Å². The molecule has 3 aliphatic rings. The van der Waals surface area contributed by atoms with E-state index >= 15 is 4.39 Å². The summed E-state index contributed by atoms with van der Waals surface area (Å²) < 4.78 is 22.9. The van der Waals surface area contributed by atoms with Crippen LogP contribution in [0.1, 0.15) is 57.8 Å². The van der Waals surface area contributed by atoms with E-state index in [1.807, 2.05) is 17.6 Å². The van der Waals surface area contributed by atoms with Crippen LogP contribution >= 0.6 is 11.6 Å².